The number of aromatic nitrogens is 2. The minimum atomic E-state index is -0.426. The summed E-state index contributed by atoms with van der Waals surface area (Å²) in [5.41, 5.74) is 0.638. The molecule has 2 atom stereocenters. The molecule has 1 aromatic heterocycles. The fraction of sp³-hybridized carbons (Fsp3) is 0.765. The second kappa shape index (κ2) is 6.15. The van der Waals surface area contributed by atoms with Crippen LogP contribution in [-0.2, 0) is 18.3 Å². The van der Waals surface area contributed by atoms with Crippen molar-refractivity contribution in [2.45, 2.75) is 76.7 Å². The molecule has 0 aromatic carbocycles. The summed E-state index contributed by atoms with van der Waals surface area (Å²) in [6.45, 7) is 6.56. The summed E-state index contributed by atoms with van der Waals surface area (Å²) >= 11 is 0. The Bertz CT molecular complexity index is 549. The van der Waals surface area contributed by atoms with Crippen molar-refractivity contribution in [2.75, 3.05) is 0 Å². The number of hydrogen-bond donors (Lipinski definition) is 1. The van der Waals surface area contributed by atoms with Gasteiger partial charge in [0.1, 0.15) is 5.60 Å². The zero-order valence-electron chi connectivity index (χ0n) is 14.6. The number of hydrogen-bond acceptors (Lipinski definition) is 4. The van der Waals surface area contributed by atoms with Crippen molar-refractivity contribution in [1.29, 1.82) is 0 Å². The van der Waals surface area contributed by atoms with Gasteiger partial charge in [0, 0.05) is 37.9 Å². The number of nitrogens with zero attached hydrogens (tertiary/aromatic N) is 3. The van der Waals surface area contributed by atoms with Crippen LogP contribution >= 0.6 is 0 Å². The predicted octanol–water partition coefficient (Wildman–Crippen LogP) is 2.44. The Morgan fingerprint density at radius 2 is 2.00 bits per heavy atom. The Labute approximate surface area is 138 Å². The summed E-state index contributed by atoms with van der Waals surface area (Å²) < 4.78 is 7.40. The first-order valence-electron chi connectivity index (χ1n) is 8.55. The fourth-order valence-electron chi connectivity index (χ4n) is 3.76. The Morgan fingerprint density at radius 1 is 1.35 bits per heavy atom. The van der Waals surface area contributed by atoms with Gasteiger partial charge in [-0.2, -0.15) is 5.10 Å². The Hall–Kier alpha value is -1.56. The van der Waals surface area contributed by atoms with Gasteiger partial charge in [0.05, 0.1) is 5.69 Å². The third kappa shape index (κ3) is 3.86. The number of rotatable bonds is 3. The number of aryl methyl sites for hydroxylation is 1. The van der Waals surface area contributed by atoms with E-state index in [-0.39, 0.29) is 6.09 Å². The van der Waals surface area contributed by atoms with Crippen LogP contribution in [0.25, 0.3) is 0 Å². The minimum Gasteiger partial charge on any atom is -0.444 e. The van der Waals surface area contributed by atoms with Gasteiger partial charge in [-0.3, -0.25) is 4.68 Å². The number of piperidine rings is 1. The molecule has 2 unspecified atom stereocenters. The highest BCUT2D eigenvalue weighted by Gasteiger charge is 2.44. The predicted molar refractivity (Wildman–Crippen MR) is 88.0 cm³/mol. The first-order chi connectivity index (χ1) is 10.8. The standard InChI is InChI=1S/C17H28N4O2/c1-17(2,3)23-16(22)21-14-5-6-15(21)10-13(9-14)18-11-12-7-8-20(4)19-12/h7-8,13-15,18H,5-6,9-11H2,1-4H3. The van der Waals surface area contributed by atoms with Crippen molar-refractivity contribution in [1.82, 2.24) is 20.0 Å². The van der Waals surface area contributed by atoms with E-state index in [9.17, 15) is 4.79 Å². The molecule has 2 fully saturated rings. The molecule has 2 saturated heterocycles. The quantitative estimate of drug-likeness (QED) is 0.929. The number of fused-ring (bicyclic) bond motifs is 2. The van der Waals surface area contributed by atoms with Crippen LogP contribution in [0.3, 0.4) is 0 Å². The molecule has 2 bridgehead atoms. The largest absolute Gasteiger partial charge is 0.444 e. The molecule has 3 heterocycles. The molecular weight excluding hydrogens is 292 g/mol. The average Bonchev–Trinajstić information content (AvgIpc) is 2.96. The molecule has 3 rings (SSSR count). The summed E-state index contributed by atoms with van der Waals surface area (Å²) in [6.07, 6.45) is 6.00. The monoisotopic (exact) mass is 320 g/mol. The van der Waals surface area contributed by atoms with Gasteiger partial charge in [0.15, 0.2) is 0 Å². The number of carbonyl (C=O) groups is 1. The molecule has 1 amide bonds. The number of nitrogens with one attached hydrogen (secondary N) is 1. The second-order valence-corrected chi connectivity index (χ2v) is 7.80. The maximum atomic E-state index is 12.4. The van der Waals surface area contributed by atoms with E-state index in [1.807, 2.05) is 49.7 Å². The van der Waals surface area contributed by atoms with Crippen molar-refractivity contribution in [3.05, 3.63) is 18.0 Å². The van der Waals surface area contributed by atoms with Crippen molar-refractivity contribution in [2.24, 2.45) is 7.05 Å². The van der Waals surface area contributed by atoms with Crippen LogP contribution in [-0.4, -0.2) is 44.5 Å². The van der Waals surface area contributed by atoms with E-state index in [1.54, 1.807) is 0 Å². The van der Waals surface area contributed by atoms with E-state index < -0.39 is 5.60 Å². The van der Waals surface area contributed by atoms with Crippen LogP contribution in [0.15, 0.2) is 12.3 Å². The first kappa shape index (κ1) is 16.3. The van der Waals surface area contributed by atoms with Gasteiger partial charge in [-0.15, -0.1) is 0 Å². The van der Waals surface area contributed by atoms with Crippen LogP contribution in [0.5, 0.6) is 0 Å². The molecule has 6 nitrogen and oxygen atoms in total. The molecule has 1 aromatic rings. The normalized spacial score (nSPS) is 27.3. The smallest absolute Gasteiger partial charge is 0.410 e. The Morgan fingerprint density at radius 3 is 2.52 bits per heavy atom. The van der Waals surface area contributed by atoms with E-state index in [0.29, 0.717) is 18.1 Å². The number of ether oxygens (including phenoxy) is 1. The fourth-order valence-corrected chi connectivity index (χ4v) is 3.76. The van der Waals surface area contributed by atoms with Gasteiger partial charge in [-0.1, -0.05) is 0 Å². The zero-order chi connectivity index (χ0) is 16.6. The first-order valence-corrected chi connectivity index (χ1v) is 8.55. The molecule has 2 aliphatic rings. The maximum absolute atomic E-state index is 12.4. The van der Waals surface area contributed by atoms with Crippen molar-refractivity contribution in [3.63, 3.8) is 0 Å². The second-order valence-electron chi connectivity index (χ2n) is 7.80. The molecule has 0 saturated carbocycles. The molecule has 0 aliphatic carbocycles. The van der Waals surface area contributed by atoms with Crippen LogP contribution in [0.4, 0.5) is 4.79 Å². The van der Waals surface area contributed by atoms with Gasteiger partial charge in [-0.05, 0) is 52.5 Å². The topological polar surface area (TPSA) is 59.4 Å². The lowest BCUT2D eigenvalue weighted by molar-refractivity contribution is 0.00464. The third-order valence-electron chi connectivity index (χ3n) is 4.68. The Kier molecular flexibility index (Phi) is 4.36. The van der Waals surface area contributed by atoms with Crippen LogP contribution in [0, 0.1) is 0 Å². The molecule has 0 spiro atoms. The van der Waals surface area contributed by atoms with Crippen molar-refractivity contribution < 1.29 is 9.53 Å². The van der Waals surface area contributed by atoms with E-state index in [0.717, 1.165) is 37.9 Å². The van der Waals surface area contributed by atoms with E-state index in [4.69, 9.17) is 4.74 Å². The zero-order valence-corrected chi connectivity index (χ0v) is 14.6. The van der Waals surface area contributed by atoms with Gasteiger partial charge in [0.25, 0.3) is 0 Å². The average molecular weight is 320 g/mol. The van der Waals surface area contributed by atoms with Crippen molar-refractivity contribution >= 4 is 6.09 Å². The van der Waals surface area contributed by atoms with E-state index in [2.05, 4.69) is 10.4 Å². The van der Waals surface area contributed by atoms with Gasteiger partial charge >= 0.3 is 6.09 Å². The minimum absolute atomic E-state index is 0.145. The summed E-state index contributed by atoms with van der Waals surface area (Å²) in [4.78, 5) is 14.4. The SMILES string of the molecule is Cn1ccc(CNC2CC3CCC(C2)N3C(=O)OC(C)(C)C)n1. The molecule has 1 N–H and O–H groups in total. The summed E-state index contributed by atoms with van der Waals surface area (Å²) in [5.74, 6) is 0. The lowest BCUT2D eigenvalue weighted by atomic mass is 9.97. The lowest BCUT2D eigenvalue weighted by Crippen LogP contribution is -2.52. The lowest BCUT2D eigenvalue weighted by Gasteiger charge is -2.39. The molecule has 6 heteroatoms. The number of carbonyl (C=O) groups excluding carboxylic acids is 1. The molecule has 23 heavy (non-hydrogen) atoms. The highest BCUT2D eigenvalue weighted by Crippen LogP contribution is 2.36. The molecular formula is C17H28N4O2. The van der Waals surface area contributed by atoms with Gasteiger partial charge < -0.3 is 15.0 Å². The van der Waals surface area contributed by atoms with E-state index >= 15 is 0 Å². The highest BCUT2D eigenvalue weighted by molar-refractivity contribution is 5.69. The highest BCUT2D eigenvalue weighted by atomic mass is 16.6. The maximum Gasteiger partial charge on any atom is 0.410 e. The van der Waals surface area contributed by atoms with Crippen LogP contribution in [0.2, 0.25) is 0 Å². The van der Waals surface area contributed by atoms with Crippen molar-refractivity contribution in [3.8, 4) is 0 Å². The molecule has 128 valence electrons. The third-order valence-corrected chi connectivity index (χ3v) is 4.68. The molecule has 2 aliphatic heterocycles. The van der Waals surface area contributed by atoms with E-state index in [1.165, 1.54) is 0 Å². The summed E-state index contributed by atoms with van der Waals surface area (Å²) in [5, 5.41) is 8.01. The van der Waals surface area contributed by atoms with Crippen LogP contribution in [0.1, 0.15) is 52.1 Å². The Balaban J connectivity index is 1.55. The summed E-state index contributed by atoms with van der Waals surface area (Å²) in [6, 6.07) is 3.11. The van der Waals surface area contributed by atoms with Gasteiger partial charge in [-0.25, -0.2) is 4.79 Å². The number of amides is 1. The summed E-state index contributed by atoms with van der Waals surface area (Å²) in [7, 11) is 1.93. The molecule has 0 radical (unpaired) electrons. The van der Waals surface area contributed by atoms with Crippen LogP contribution < -0.4 is 5.32 Å². The van der Waals surface area contributed by atoms with Gasteiger partial charge in [0.2, 0.25) is 0 Å².